The van der Waals surface area contributed by atoms with E-state index in [1.807, 2.05) is 48.5 Å². The summed E-state index contributed by atoms with van der Waals surface area (Å²) >= 11 is 3.50. The van der Waals surface area contributed by atoms with Gasteiger partial charge in [0, 0.05) is 15.4 Å². The van der Waals surface area contributed by atoms with Gasteiger partial charge in [0.1, 0.15) is 5.60 Å². The van der Waals surface area contributed by atoms with Gasteiger partial charge in [-0.05, 0) is 37.6 Å². The zero-order chi connectivity index (χ0) is 15.9. The Balaban J connectivity index is 2.46. The SMILES string of the molecule is CC(C)(O)c1nc2ccc(Br)cc2c(-c2ccccc2)c1N. The lowest BCUT2D eigenvalue weighted by atomic mass is 9.93. The smallest absolute Gasteiger partial charge is 0.103 e. The first-order chi connectivity index (χ1) is 10.4. The normalized spacial score (nSPS) is 11.8. The lowest BCUT2D eigenvalue weighted by Crippen LogP contribution is -2.20. The molecule has 0 aliphatic heterocycles. The summed E-state index contributed by atoms with van der Waals surface area (Å²) in [6.07, 6.45) is 0. The fourth-order valence-corrected chi connectivity index (χ4v) is 2.99. The number of fused-ring (bicyclic) bond motifs is 1. The van der Waals surface area contributed by atoms with E-state index in [0.717, 1.165) is 26.5 Å². The van der Waals surface area contributed by atoms with Crippen LogP contribution in [0.2, 0.25) is 0 Å². The molecular formula is C18H17BrN2O. The van der Waals surface area contributed by atoms with Crippen LogP contribution in [0.5, 0.6) is 0 Å². The average Bonchev–Trinajstić information content (AvgIpc) is 2.46. The van der Waals surface area contributed by atoms with E-state index in [2.05, 4.69) is 20.9 Å². The Labute approximate surface area is 137 Å². The van der Waals surface area contributed by atoms with Crippen molar-refractivity contribution in [3.63, 3.8) is 0 Å². The highest BCUT2D eigenvalue weighted by Gasteiger charge is 2.25. The van der Waals surface area contributed by atoms with Crippen LogP contribution in [0, 0.1) is 0 Å². The Hall–Kier alpha value is -1.91. The molecule has 0 spiro atoms. The number of aromatic nitrogens is 1. The molecule has 1 heterocycles. The summed E-state index contributed by atoms with van der Waals surface area (Å²) in [7, 11) is 0. The van der Waals surface area contributed by atoms with Crippen molar-refractivity contribution in [2.75, 3.05) is 5.73 Å². The van der Waals surface area contributed by atoms with Crippen LogP contribution in [0.25, 0.3) is 22.0 Å². The molecule has 0 unspecified atom stereocenters. The van der Waals surface area contributed by atoms with E-state index in [-0.39, 0.29) is 0 Å². The maximum atomic E-state index is 10.4. The molecule has 3 nitrogen and oxygen atoms in total. The van der Waals surface area contributed by atoms with Gasteiger partial charge in [0.2, 0.25) is 0 Å². The second kappa shape index (κ2) is 5.38. The molecule has 0 amide bonds. The number of nitrogen functional groups attached to an aromatic ring is 1. The number of pyridine rings is 1. The highest BCUT2D eigenvalue weighted by Crippen LogP contribution is 2.39. The Morgan fingerprint density at radius 3 is 2.41 bits per heavy atom. The van der Waals surface area contributed by atoms with E-state index < -0.39 is 5.60 Å². The minimum absolute atomic E-state index is 0.501. The largest absolute Gasteiger partial charge is 0.397 e. The Morgan fingerprint density at radius 2 is 1.77 bits per heavy atom. The molecule has 0 aliphatic rings. The predicted molar refractivity (Wildman–Crippen MR) is 94.5 cm³/mol. The molecule has 0 aliphatic carbocycles. The lowest BCUT2D eigenvalue weighted by Gasteiger charge is -2.22. The van der Waals surface area contributed by atoms with Crippen LogP contribution < -0.4 is 5.73 Å². The monoisotopic (exact) mass is 356 g/mol. The molecule has 112 valence electrons. The van der Waals surface area contributed by atoms with Crippen molar-refractivity contribution in [1.29, 1.82) is 0 Å². The molecule has 22 heavy (non-hydrogen) atoms. The number of aliphatic hydroxyl groups is 1. The molecule has 0 radical (unpaired) electrons. The number of benzene rings is 2. The first-order valence-corrected chi connectivity index (χ1v) is 7.84. The van der Waals surface area contributed by atoms with Crippen LogP contribution in [0.4, 0.5) is 5.69 Å². The fraction of sp³-hybridized carbons (Fsp3) is 0.167. The minimum Gasteiger partial charge on any atom is -0.397 e. The average molecular weight is 357 g/mol. The molecule has 0 saturated heterocycles. The second-order valence-corrected chi connectivity index (χ2v) is 6.75. The summed E-state index contributed by atoms with van der Waals surface area (Å²) in [4.78, 5) is 4.58. The maximum Gasteiger partial charge on any atom is 0.103 e. The Morgan fingerprint density at radius 1 is 1.09 bits per heavy atom. The third-order valence-electron chi connectivity index (χ3n) is 3.63. The highest BCUT2D eigenvalue weighted by atomic mass is 79.9. The van der Waals surface area contributed by atoms with Gasteiger partial charge in [0.15, 0.2) is 0 Å². The first kappa shape index (κ1) is 15.0. The van der Waals surface area contributed by atoms with Crippen molar-refractivity contribution in [3.8, 4) is 11.1 Å². The lowest BCUT2D eigenvalue weighted by molar-refractivity contribution is 0.0751. The number of hydrogen-bond acceptors (Lipinski definition) is 3. The summed E-state index contributed by atoms with van der Waals surface area (Å²) in [5.41, 5.74) is 9.03. The number of halogens is 1. The summed E-state index contributed by atoms with van der Waals surface area (Å²) in [5, 5.41) is 11.4. The van der Waals surface area contributed by atoms with Gasteiger partial charge >= 0.3 is 0 Å². The molecular weight excluding hydrogens is 340 g/mol. The minimum atomic E-state index is -1.10. The molecule has 1 aromatic heterocycles. The van der Waals surface area contributed by atoms with Crippen molar-refractivity contribution >= 4 is 32.5 Å². The first-order valence-electron chi connectivity index (χ1n) is 7.05. The van der Waals surface area contributed by atoms with Gasteiger partial charge in [-0.25, -0.2) is 4.98 Å². The molecule has 3 rings (SSSR count). The third kappa shape index (κ3) is 2.60. The standard InChI is InChI=1S/C18H17BrN2O/c1-18(2,22)17-16(20)15(11-6-4-3-5-7-11)13-10-12(19)8-9-14(13)21-17/h3-10,22H,20H2,1-2H3. The third-order valence-corrected chi connectivity index (χ3v) is 4.12. The summed E-state index contributed by atoms with van der Waals surface area (Å²) in [6.45, 7) is 3.40. The molecule has 4 heteroatoms. The van der Waals surface area contributed by atoms with Crippen molar-refractivity contribution in [2.24, 2.45) is 0 Å². The molecule has 0 fully saturated rings. The number of nitrogens with two attached hydrogens (primary N) is 1. The van der Waals surface area contributed by atoms with Crippen LogP contribution in [0.15, 0.2) is 53.0 Å². The molecule has 3 N–H and O–H groups in total. The van der Waals surface area contributed by atoms with Gasteiger partial charge in [-0.3, -0.25) is 0 Å². The Bertz CT molecular complexity index is 839. The summed E-state index contributed by atoms with van der Waals surface area (Å²) in [6, 6.07) is 15.8. The highest BCUT2D eigenvalue weighted by molar-refractivity contribution is 9.10. The van der Waals surface area contributed by atoms with Crippen LogP contribution in [-0.2, 0) is 5.60 Å². The van der Waals surface area contributed by atoms with Gasteiger partial charge in [-0.2, -0.15) is 0 Å². The van der Waals surface area contributed by atoms with E-state index in [1.54, 1.807) is 13.8 Å². The predicted octanol–water partition coefficient (Wildman–Crippen LogP) is 4.47. The molecule has 0 saturated carbocycles. The Kier molecular flexibility index (Phi) is 3.67. The van der Waals surface area contributed by atoms with Crippen LogP contribution in [-0.4, -0.2) is 10.1 Å². The number of hydrogen-bond donors (Lipinski definition) is 2. The molecule has 0 bridgehead atoms. The van der Waals surface area contributed by atoms with Crippen LogP contribution in [0.3, 0.4) is 0 Å². The van der Waals surface area contributed by atoms with Gasteiger partial charge in [-0.1, -0.05) is 46.3 Å². The summed E-state index contributed by atoms with van der Waals surface area (Å²) < 4.78 is 0.967. The molecule has 3 aromatic rings. The zero-order valence-electron chi connectivity index (χ0n) is 12.5. The zero-order valence-corrected chi connectivity index (χ0v) is 14.1. The molecule has 2 aromatic carbocycles. The van der Waals surface area contributed by atoms with Crippen molar-refractivity contribution < 1.29 is 5.11 Å². The van der Waals surface area contributed by atoms with Crippen molar-refractivity contribution in [1.82, 2.24) is 4.98 Å². The summed E-state index contributed by atoms with van der Waals surface area (Å²) in [5.74, 6) is 0. The van der Waals surface area contributed by atoms with E-state index in [1.165, 1.54) is 0 Å². The van der Waals surface area contributed by atoms with E-state index in [4.69, 9.17) is 5.73 Å². The number of rotatable bonds is 2. The maximum absolute atomic E-state index is 10.4. The topological polar surface area (TPSA) is 59.1 Å². The van der Waals surface area contributed by atoms with E-state index >= 15 is 0 Å². The number of anilines is 1. The number of nitrogens with zero attached hydrogens (tertiary/aromatic N) is 1. The van der Waals surface area contributed by atoms with Crippen LogP contribution >= 0.6 is 15.9 Å². The quantitative estimate of drug-likeness (QED) is 0.711. The van der Waals surface area contributed by atoms with Crippen LogP contribution in [0.1, 0.15) is 19.5 Å². The van der Waals surface area contributed by atoms with Gasteiger partial charge < -0.3 is 10.8 Å². The fourth-order valence-electron chi connectivity index (χ4n) is 2.63. The second-order valence-electron chi connectivity index (χ2n) is 5.84. The van der Waals surface area contributed by atoms with Crippen molar-refractivity contribution in [3.05, 3.63) is 58.7 Å². The van der Waals surface area contributed by atoms with Gasteiger partial charge in [-0.15, -0.1) is 0 Å². The molecule has 0 atom stereocenters. The van der Waals surface area contributed by atoms with E-state index in [0.29, 0.717) is 11.4 Å². The van der Waals surface area contributed by atoms with Crippen molar-refractivity contribution in [2.45, 2.75) is 19.4 Å². The van der Waals surface area contributed by atoms with E-state index in [9.17, 15) is 5.11 Å². The van der Waals surface area contributed by atoms with Gasteiger partial charge in [0.25, 0.3) is 0 Å². The van der Waals surface area contributed by atoms with Gasteiger partial charge in [0.05, 0.1) is 16.9 Å².